The fourth-order valence-electron chi connectivity index (χ4n) is 4.60. The van der Waals surface area contributed by atoms with Crippen molar-refractivity contribution in [1.29, 1.82) is 0 Å². The monoisotopic (exact) mass is 411 g/mol. The van der Waals surface area contributed by atoms with E-state index < -0.39 is 7.26 Å². The Balaban J connectivity index is 3.89. The molecule has 0 spiro atoms. The lowest BCUT2D eigenvalue weighted by molar-refractivity contribution is 0.543. The summed E-state index contributed by atoms with van der Waals surface area (Å²) in [6.07, 6.45) is 30.7. The van der Waals surface area contributed by atoms with Crippen molar-refractivity contribution in [2.45, 2.75) is 137 Å². The topological polar surface area (TPSA) is 0 Å². The predicted molar refractivity (Wildman–Crippen MR) is 137 cm³/mol. The molecule has 0 bridgehead atoms. The van der Waals surface area contributed by atoms with Crippen molar-refractivity contribution in [3.05, 3.63) is 12.2 Å². The highest BCUT2D eigenvalue weighted by Crippen LogP contribution is 2.61. The van der Waals surface area contributed by atoms with Crippen LogP contribution < -0.4 is 0 Å². The van der Waals surface area contributed by atoms with Gasteiger partial charge in [-0.3, -0.25) is 0 Å². The van der Waals surface area contributed by atoms with E-state index in [1.54, 1.807) is 6.16 Å². The predicted octanol–water partition coefficient (Wildman–Crippen LogP) is 10.3. The summed E-state index contributed by atoms with van der Waals surface area (Å²) in [5.74, 6) is 0. The quantitative estimate of drug-likeness (QED) is 0.0943. The minimum Gasteiger partial charge on any atom is -0.0965 e. The Bertz CT molecular complexity index is 325. The molecule has 0 aliphatic heterocycles. The van der Waals surface area contributed by atoms with Crippen molar-refractivity contribution in [2.75, 3.05) is 24.6 Å². The molecule has 0 saturated carbocycles. The normalized spacial score (nSPS) is 11.9. The molecule has 0 rings (SSSR count). The van der Waals surface area contributed by atoms with E-state index >= 15 is 0 Å². The molecular weight excluding hydrogens is 355 g/mol. The molecule has 0 heterocycles. The second kappa shape index (κ2) is 20.4. The van der Waals surface area contributed by atoms with Gasteiger partial charge in [0, 0.05) is 7.26 Å². The second-order valence-electron chi connectivity index (χ2n) is 9.58. The summed E-state index contributed by atoms with van der Waals surface area (Å²) in [4.78, 5) is 0. The number of allylic oxidation sites excluding steroid dienone is 1. The molecule has 0 aliphatic carbocycles. The first kappa shape index (κ1) is 28.2. The maximum atomic E-state index is 4.30. The minimum absolute atomic E-state index is 0.767. The maximum absolute atomic E-state index is 4.30. The summed E-state index contributed by atoms with van der Waals surface area (Å²) in [6.45, 7) is 13.6. The van der Waals surface area contributed by atoms with Gasteiger partial charge in [0.25, 0.3) is 0 Å². The van der Waals surface area contributed by atoms with E-state index in [-0.39, 0.29) is 0 Å². The van der Waals surface area contributed by atoms with E-state index in [9.17, 15) is 0 Å². The average Bonchev–Trinajstić information content (AvgIpc) is 2.67. The summed E-state index contributed by atoms with van der Waals surface area (Å²) in [6, 6.07) is 0. The van der Waals surface area contributed by atoms with E-state index in [4.69, 9.17) is 0 Å². The van der Waals surface area contributed by atoms with Crippen molar-refractivity contribution in [3.63, 3.8) is 0 Å². The third kappa shape index (κ3) is 17.1. The van der Waals surface area contributed by atoms with Crippen molar-refractivity contribution in [3.8, 4) is 0 Å². The van der Waals surface area contributed by atoms with Crippen LogP contribution in [0.3, 0.4) is 0 Å². The molecule has 0 atom stereocenters. The summed E-state index contributed by atoms with van der Waals surface area (Å²) in [5.41, 5.74) is 1.45. The summed E-state index contributed by atoms with van der Waals surface area (Å²) in [7, 11) is -0.767. The molecular formula is C27H56P+. The zero-order valence-electron chi connectivity index (χ0n) is 20.5. The number of hydrogen-bond donors (Lipinski definition) is 0. The molecule has 28 heavy (non-hydrogen) atoms. The summed E-state index contributed by atoms with van der Waals surface area (Å²) >= 11 is 0. The molecule has 0 radical (unpaired) electrons. The molecule has 0 aromatic rings. The molecule has 0 aromatic heterocycles. The fourth-order valence-corrected chi connectivity index (χ4v) is 9.76. The van der Waals surface area contributed by atoms with E-state index in [1.807, 2.05) is 0 Å². The lowest BCUT2D eigenvalue weighted by atomic mass is 10.1. The molecule has 168 valence electrons. The molecule has 0 aliphatic rings. The van der Waals surface area contributed by atoms with Crippen LogP contribution >= 0.6 is 7.26 Å². The van der Waals surface area contributed by atoms with Gasteiger partial charge in [0.05, 0.1) is 24.6 Å². The SMILES string of the molecule is C=C(C)C[P+](CCCC)(CCCC)CCCCCCCCCCCCCCC. The van der Waals surface area contributed by atoms with E-state index in [2.05, 4.69) is 34.3 Å². The van der Waals surface area contributed by atoms with Crippen molar-refractivity contribution < 1.29 is 0 Å². The van der Waals surface area contributed by atoms with Crippen molar-refractivity contribution in [2.24, 2.45) is 0 Å². The lowest BCUT2D eigenvalue weighted by Crippen LogP contribution is -2.13. The van der Waals surface area contributed by atoms with Gasteiger partial charge in [0.2, 0.25) is 0 Å². The minimum atomic E-state index is -0.767. The van der Waals surface area contributed by atoms with Crippen LogP contribution in [-0.4, -0.2) is 24.6 Å². The van der Waals surface area contributed by atoms with Gasteiger partial charge < -0.3 is 0 Å². The number of unbranched alkanes of at least 4 members (excludes halogenated alkanes) is 14. The van der Waals surface area contributed by atoms with Crippen molar-refractivity contribution in [1.82, 2.24) is 0 Å². The third-order valence-corrected chi connectivity index (χ3v) is 11.3. The first-order valence-electron chi connectivity index (χ1n) is 13.1. The highest BCUT2D eigenvalue weighted by atomic mass is 31.2. The largest absolute Gasteiger partial charge is 0.0965 e. The smallest absolute Gasteiger partial charge is 0.0797 e. The van der Waals surface area contributed by atoms with Gasteiger partial charge in [-0.25, -0.2) is 0 Å². The van der Waals surface area contributed by atoms with Crippen LogP contribution in [0.4, 0.5) is 0 Å². The van der Waals surface area contributed by atoms with Crippen molar-refractivity contribution >= 4 is 7.26 Å². The highest BCUT2D eigenvalue weighted by Gasteiger charge is 2.35. The van der Waals surface area contributed by atoms with Gasteiger partial charge >= 0.3 is 0 Å². The van der Waals surface area contributed by atoms with E-state index in [1.165, 1.54) is 133 Å². The Hall–Kier alpha value is 0.170. The van der Waals surface area contributed by atoms with Crippen LogP contribution in [0.25, 0.3) is 0 Å². The summed E-state index contributed by atoms with van der Waals surface area (Å²) in [5, 5.41) is 0. The Labute approximate surface area is 181 Å². The van der Waals surface area contributed by atoms with Crippen LogP contribution in [0.2, 0.25) is 0 Å². The Morgan fingerprint density at radius 2 is 0.821 bits per heavy atom. The molecule has 0 aromatic carbocycles. The average molecular weight is 412 g/mol. The Morgan fingerprint density at radius 1 is 0.500 bits per heavy atom. The first-order chi connectivity index (χ1) is 13.6. The van der Waals surface area contributed by atoms with Gasteiger partial charge in [-0.2, -0.15) is 0 Å². The fraction of sp³-hybridized carbons (Fsp3) is 0.926. The van der Waals surface area contributed by atoms with E-state index in [0.29, 0.717) is 0 Å². The summed E-state index contributed by atoms with van der Waals surface area (Å²) < 4.78 is 0. The number of hydrogen-bond acceptors (Lipinski definition) is 0. The van der Waals surface area contributed by atoms with Gasteiger partial charge in [-0.1, -0.05) is 111 Å². The Kier molecular flexibility index (Phi) is 20.6. The molecule has 0 fully saturated rings. The molecule has 0 nitrogen and oxygen atoms in total. The zero-order valence-corrected chi connectivity index (χ0v) is 21.4. The van der Waals surface area contributed by atoms with Gasteiger partial charge in [0.15, 0.2) is 0 Å². The zero-order chi connectivity index (χ0) is 20.9. The van der Waals surface area contributed by atoms with Crippen LogP contribution in [0.1, 0.15) is 137 Å². The molecule has 1 heteroatoms. The molecule has 0 saturated heterocycles. The molecule has 0 N–H and O–H groups in total. The maximum Gasteiger partial charge on any atom is 0.0797 e. The molecule has 0 amide bonds. The highest BCUT2D eigenvalue weighted by molar-refractivity contribution is 7.76. The van der Waals surface area contributed by atoms with Gasteiger partial charge in [0.1, 0.15) is 0 Å². The first-order valence-corrected chi connectivity index (χ1v) is 15.6. The standard InChI is InChI=1S/C27H56P/c1-6-9-12-13-14-15-16-17-18-19-20-21-22-25-28(23-10-7-2,24-11-8-3)26-27(4)5/h4,6-26H2,1-3,5H3/q+1. The van der Waals surface area contributed by atoms with Crippen LogP contribution in [0.5, 0.6) is 0 Å². The van der Waals surface area contributed by atoms with Gasteiger partial charge in [-0.05, 0) is 38.2 Å². The molecule has 0 unspecified atom stereocenters. The Morgan fingerprint density at radius 3 is 1.18 bits per heavy atom. The van der Waals surface area contributed by atoms with Crippen LogP contribution in [0.15, 0.2) is 12.2 Å². The van der Waals surface area contributed by atoms with Crippen LogP contribution in [-0.2, 0) is 0 Å². The lowest BCUT2D eigenvalue weighted by Gasteiger charge is -2.28. The van der Waals surface area contributed by atoms with Crippen LogP contribution in [0, 0.1) is 0 Å². The third-order valence-electron chi connectivity index (χ3n) is 6.31. The van der Waals surface area contributed by atoms with E-state index in [0.717, 1.165) is 0 Å². The van der Waals surface area contributed by atoms with Gasteiger partial charge in [-0.15, -0.1) is 0 Å². The second-order valence-corrected chi connectivity index (χ2v) is 13.9. The number of rotatable bonds is 22.